The van der Waals surface area contributed by atoms with Crippen LogP contribution in [0.25, 0.3) is 0 Å². The van der Waals surface area contributed by atoms with Gasteiger partial charge in [-0.3, -0.25) is 4.79 Å². The molecule has 2 aliphatic heterocycles. The summed E-state index contributed by atoms with van der Waals surface area (Å²) in [4.78, 5) is 25.4. The van der Waals surface area contributed by atoms with Gasteiger partial charge in [0.05, 0.1) is 10.5 Å². The topological polar surface area (TPSA) is 92.8 Å². The van der Waals surface area contributed by atoms with Crippen molar-refractivity contribution in [2.75, 3.05) is 18.4 Å². The molecular weight excluding hydrogens is 416 g/mol. The fourth-order valence-corrected chi connectivity index (χ4v) is 5.58. The van der Waals surface area contributed by atoms with Crippen LogP contribution in [0.4, 0.5) is 5.69 Å². The van der Waals surface area contributed by atoms with Gasteiger partial charge < -0.3 is 10.1 Å². The molecule has 0 aromatic heterocycles. The number of benzene rings is 2. The van der Waals surface area contributed by atoms with Crippen LogP contribution in [0.15, 0.2) is 53.4 Å². The monoisotopic (exact) mass is 442 g/mol. The molecule has 1 fully saturated rings. The molecule has 1 N–H and O–H groups in total. The van der Waals surface area contributed by atoms with Gasteiger partial charge in [-0.2, -0.15) is 4.31 Å². The Morgan fingerprint density at radius 3 is 2.32 bits per heavy atom. The van der Waals surface area contributed by atoms with Crippen LogP contribution >= 0.6 is 0 Å². The fraction of sp³-hybridized carbons (Fsp3) is 0.391. The number of rotatable bonds is 4. The second-order valence-electron chi connectivity index (χ2n) is 8.25. The van der Waals surface area contributed by atoms with Gasteiger partial charge in [0.1, 0.15) is 0 Å². The average molecular weight is 443 g/mol. The molecule has 0 bridgehead atoms. The van der Waals surface area contributed by atoms with Gasteiger partial charge in [-0.1, -0.05) is 31.0 Å². The average Bonchev–Trinajstić information content (AvgIpc) is 3.04. The molecule has 1 unspecified atom stereocenters. The van der Waals surface area contributed by atoms with E-state index < -0.39 is 27.5 Å². The molecule has 1 atom stereocenters. The summed E-state index contributed by atoms with van der Waals surface area (Å²) in [6.07, 6.45) is 4.10. The van der Waals surface area contributed by atoms with Gasteiger partial charge in [0.25, 0.3) is 5.91 Å². The summed E-state index contributed by atoms with van der Waals surface area (Å²) in [6.45, 7) is 2.65. The first-order valence-electron chi connectivity index (χ1n) is 10.5. The van der Waals surface area contributed by atoms with Crippen molar-refractivity contribution in [3.05, 3.63) is 59.7 Å². The molecule has 0 spiro atoms. The van der Waals surface area contributed by atoms with Gasteiger partial charge in [-0.05, 0) is 55.7 Å². The molecule has 2 aliphatic rings. The Balaban J connectivity index is 1.48. The van der Waals surface area contributed by atoms with E-state index in [1.807, 2.05) is 12.1 Å². The van der Waals surface area contributed by atoms with Crippen LogP contribution in [0.1, 0.15) is 48.5 Å². The third-order valence-corrected chi connectivity index (χ3v) is 7.79. The highest BCUT2D eigenvalue weighted by atomic mass is 32.2. The lowest BCUT2D eigenvalue weighted by Crippen LogP contribution is -2.48. The van der Waals surface area contributed by atoms with Crippen LogP contribution in [-0.2, 0) is 26.0 Å². The molecule has 1 saturated heterocycles. The minimum Gasteiger partial charge on any atom is -0.445 e. The summed E-state index contributed by atoms with van der Waals surface area (Å²) in [5.74, 6) is -0.989. The number of nitrogens with zero attached hydrogens (tertiary/aromatic N) is 1. The quantitative estimate of drug-likeness (QED) is 0.733. The Hall–Kier alpha value is -2.71. The number of hydrogen-bond acceptors (Lipinski definition) is 5. The number of sulfonamides is 1. The summed E-state index contributed by atoms with van der Waals surface area (Å²) in [7, 11) is -3.55. The minimum absolute atomic E-state index is 0.205. The molecule has 31 heavy (non-hydrogen) atoms. The number of fused-ring (bicyclic) bond motifs is 1. The Morgan fingerprint density at radius 1 is 1.00 bits per heavy atom. The van der Waals surface area contributed by atoms with Gasteiger partial charge in [0.15, 0.2) is 5.60 Å². The Bertz CT molecular complexity index is 1090. The molecule has 4 rings (SSSR count). The lowest BCUT2D eigenvalue weighted by Gasteiger charge is -2.33. The maximum Gasteiger partial charge on any atom is 0.339 e. The van der Waals surface area contributed by atoms with Gasteiger partial charge in [0.2, 0.25) is 10.0 Å². The van der Waals surface area contributed by atoms with E-state index in [1.54, 1.807) is 31.2 Å². The number of cyclic esters (lactones) is 1. The molecule has 2 heterocycles. The van der Waals surface area contributed by atoms with Crippen LogP contribution < -0.4 is 5.32 Å². The molecular formula is C23H26N2O5S. The molecule has 0 aliphatic carbocycles. The summed E-state index contributed by atoms with van der Waals surface area (Å²) >= 11 is 0. The summed E-state index contributed by atoms with van der Waals surface area (Å²) in [5, 5.41) is 2.75. The van der Waals surface area contributed by atoms with Crippen molar-refractivity contribution in [1.82, 2.24) is 4.31 Å². The van der Waals surface area contributed by atoms with Crippen molar-refractivity contribution in [3.63, 3.8) is 0 Å². The summed E-state index contributed by atoms with van der Waals surface area (Å²) < 4.78 is 32.8. The maximum atomic E-state index is 12.9. The van der Waals surface area contributed by atoms with E-state index in [1.165, 1.54) is 16.4 Å². The number of carbonyl (C=O) groups is 2. The maximum absolute atomic E-state index is 12.9. The zero-order valence-corrected chi connectivity index (χ0v) is 18.3. The molecule has 2 aromatic rings. The minimum atomic E-state index is -3.55. The summed E-state index contributed by atoms with van der Waals surface area (Å²) in [6, 6.07) is 13.2. The first kappa shape index (κ1) is 21.5. The second kappa shape index (κ2) is 8.43. The summed E-state index contributed by atoms with van der Waals surface area (Å²) in [5.41, 5.74) is 0.324. The number of carbonyl (C=O) groups excluding carboxylic acids is 2. The molecule has 2 aromatic carbocycles. The van der Waals surface area contributed by atoms with Crippen molar-refractivity contribution < 1.29 is 22.7 Å². The van der Waals surface area contributed by atoms with Crippen molar-refractivity contribution in [2.45, 2.75) is 49.5 Å². The van der Waals surface area contributed by atoms with Crippen LogP contribution in [0.2, 0.25) is 0 Å². The number of esters is 1. The van der Waals surface area contributed by atoms with Crippen LogP contribution in [-0.4, -0.2) is 43.3 Å². The normalized spacial score (nSPS) is 22.2. The SMILES string of the molecule is CC1(C(=O)Nc2ccc(S(=O)(=O)N3CCCCCC3)cc2)Cc2ccccc2C(=O)O1. The van der Waals surface area contributed by atoms with E-state index in [9.17, 15) is 18.0 Å². The highest BCUT2D eigenvalue weighted by molar-refractivity contribution is 7.89. The van der Waals surface area contributed by atoms with E-state index in [0.717, 1.165) is 31.2 Å². The molecule has 1 amide bonds. The van der Waals surface area contributed by atoms with E-state index >= 15 is 0 Å². The highest BCUT2D eigenvalue weighted by Crippen LogP contribution is 2.29. The van der Waals surface area contributed by atoms with Crippen molar-refractivity contribution >= 4 is 27.6 Å². The molecule has 7 nitrogen and oxygen atoms in total. The Kier molecular flexibility index (Phi) is 5.85. The van der Waals surface area contributed by atoms with E-state index in [2.05, 4.69) is 5.32 Å². The fourth-order valence-electron chi connectivity index (χ4n) is 4.06. The Labute approximate surface area is 182 Å². The molecule has 164 valence electrons. The van der Waals surface area contributed by atoms with E-state index in [4.69, 9.17) is 4.74 Å². The smallest absolute Gasteiger partial charge is 0.339 e. The van der Waals surface area contributed by atoms with Gasteiger partial charge in [-0.15, -0.1) is 0 Å². The largest absolute Gasteiger partial charge is 0.445 e. The lowest BCUT2D eigenvalue weighted by atomic mass is 9.89. The van der Waals surface area contributed by atoms with Crippen molar-refractivity contribution in [1.29, 1.82) is 0 Å². The van der Waals surface area contributed by atoms with Crippen molar-refractivity contribution in [2.24, 2.45) is 0 Å². The zero-order chi connectivity index (χ0) is 22.1. The highest BCUT2D eigenvalue weighted by Gasteiger charge is 2.42. The predicted molar refractivity (Wildman–Crippen MR) is 116 cm³/mol. The number of anilines is 1. The zero-order valence-electron chi connectivity index (χ0n) is 17.5. The lowest BCUT2D eigenvalue weighted by molar-refractivity contribution is -0.134. The number of amides is 1. The van der Waals surface area contributed by atoms with E-state index in [-0.39, 0.29) is 11.3 Å². The molecule has 0 saturated carbocycles. The Morgan fingerprint density at radius 2 is 1.65 bits per heavy atom. The van der Waals surface area contributed by atoms with Crippen LogP contribution in [0, 0.1) is 0 Å². The number of nitrogens with one attached hydrogen (secondary N) is 1. The van der Waals surface area contributed by atoms with Gasteiger partial charge in [-0.25, -0.2) is 13.2 Å². The third-order valence-electron chi connectivity index (χ3n) is 5.88. The predicted octanol–water partition coefficient (Wildman–Crippen LogP) is 3.36. The third kappa shape index (κ3) is 4.36. The van der Waals surface area contributed by atoms with Gasteiger partial charge >= 0.3 is 5.97 Å². The first-order chi connectivity index (χ1) is 14.8. The molecule has 8 heteroatoms. The van der Waals surface area contributed by atoms with E-state index in [0.29, 0.717) is 24.3 Å². The number of hydrogen-bond donors (Lipinski definition) is 1. The van der Waals surface area contributed by atoms with Crippen LogP contribution in [0.3, 0.4) is 0 Å². The first-order valence-corrected chi connectivity index (χ1v) is 12.0. The number of ether oxygens (including phenoxy) is 1. The van der Waals surface area contributed by atoms with Crippen molar-refractivity contribution in [3.8, 4) is 0 Å². The standard InChI is InChI=1S/C23H26N2O5S/c1-23(16-17-8-4-5-9-20(17)21(26)30-23)22(27)24-18-10-12-19(13-11-18)31(28,29)25-14-6-2-3-7-15-25/h4-5,8-13H,2-3,6-7,14-16H2,1H3,(H,24,27). The molecule has 0 radical (unpaired) electrons. The van der Waals surface area contributed by atoms with Gasteiger partial charge in [0, 0.05) is 25.2 Å². The van der Waals surface area contributed by atoms with Crippen LogP contribution in [0.5, 0.6) is 0 Å². The second-order valence-corrected chi connectivity index (χ2v) is 10.2.